The van der Waals surface area contributed by atoms with E-state index in [2.05, 4.69) is 9.97 Å². The zero-order valence-corrected chi connectivity index (χ0v) is 12.1. The maximum absolute atomic E-state index is 12.1. The molecular weight excluding hydrogens is 276 g/mol. The number of nitrogen functional groups attached to an aromatic ring is 1. The first-order valence-electron chi connectivity index (χ1n) is 6.67. The Bertz CT molecular complexity index is 570. The molecule has 2 rings (SSSR count). The van der Waals surface area contributed by atoms with E-state index in [1.54, 1.807) is 11.9 Å². The number of amides is 1. The Morgan fingerprint density at radius 1 is 1.43 bits per heavy atom. The van der Waals surface area contributed by atoms with Crippen molar-refractivity contribution >= 4 is 23.4 Å². The highest BCUT2D eigenvalue weighted by Crippen LogP contribution is 2.28. The summed E-state index contributed by atoms with van der Waals surface area (Å²) in [5, 5.41) is 11.2. The van der Waals surface area contributed by atoms with Crippen LogP contribution in [0.5, 0.6) is 0 Å². The maximum atomic E-state index is 12.1. The van der Waals surface area contributed by atoms with Crippen LogP contribution in [0.15, 0.2) is 0 Å². The maximum Gasteiger partial charge on any atom is 0.332 e. The van der Waals surface area contributed by atoms with E-state index < -0.39 is 4.92 Å². The monoisotopic (exact) mass is 294 g/mol. The van der Waals surface area contributed by atoms with Gasteiger partial charge in [-0.1, -0.05) is 0 Å². The number of nitrogens with two attached hydrogens (primary N) is 1. The Labute approximate surface area is 121 Å². The van der Waals surface area contributed by atoms with Crippen molar-refractivity contribution in [3.05, 3.63) is 15.8 Å². The van der Waals surface area contributed by atoms with E-state index in [-0.39, 0.29) is 35.6 Å². The Kier molecular flexibility index (Phi) is 4.20. The summed E-state index contributed by atoms with van der Waals surface area (Å²) in [5.74, 6) is -0.0507. The molecule has 2 heterocycles. The normalized spacial score (nSPS) is 14.3. The number of hydrogen-bond donors (Lipinski definition) is 1. The molecule has 1 aliphatic rings. The molecule has 1 fully saturated rings. The minimum Gasteiger partial charge on any atom is -0.368 e. The molecule has 1 aromatic heterocycles. The van der Waals surface area contributed by atoms with E-state index in [0.717, 1.165) is 25.9 Å². The van der Waals surface area contributed by atoms with E-state index in [9.17, 15) is 14.9 Å². The first-order chi connectivity index (χ1) is 9.90. The van der Waals surface area contributed by atoms with Gasteiger partial charge in [0.05, 0.1) is 11.5 Å². The molecule has 1 aromatic rings. The molecule has 0 saturated carbocycles. The number of aromatic nitrogens is 2. The number of carbonyl (C=O) groups excluding carboxylic acids is 1. The van der Waals surface area contributed by atoms with E-state index in [0.29, 0.717) is 0 Å². The van der Waals surface area contributed by atoms with Crippen molar-refractivity contribution in [1.82, 2.24) is 14.9 Å². The SMILES string of the molecule is Cc1nc(N)nc(N(C)CC(=O)N2CCCC2)c1[N+](=O)[O-]. The minimum absolute atomic E-state index is 0.0245. The summed E-state index contributed by atoms with van der Waals surface area (Å²) in [6, 6.07) is 0. The molecule has 9 nitrogen and oxygen atoms in total. The first kappa shape index (κ1) is 14.9. The highest BCUT2D eigenvalue weighted by Gasteiger charge is 2.27. The van der Waals surface area contributed by atoms with Crippen LogP contribution in [0.25, 0.3) is 0 Å². The van der Waals surface area contributed by atoms with Crippen molar-refractivity contribution < 1.29 is 9.72 Å². The molecule has 1 saturated heterocycles. The lowest BCUT2D eigenvalue weighted by molar-refractivity contribution is -0.385. The summed E-state index contributed by atoms with van der Waals surface area (Å²) in [6.07, 6.45) is 1.99. The Hall–Kier alpha value is -2.45. The molecule has 1 aliphatic heterocycles. The fourth-order valence-corrected chi connectivity index (χ4v) is 2.40. The van der Waals surface area contributed by atoms with E-state index in [4.69, 9.17) is 5.73 Å². The largest absolute Gasteiger partial charge is 0.368 e. The smallest absolute Gasteiger partial charge is 0.332 e. The number of rotatable bonds is 4. The van der Waals surface area contributed by atoms with Gasteiger partial charge < -0.3 is 15.5 Å². The Morgan fingerprint density at radius 3 is 2.62 bits per heavy atom. The third-order valence-electron chi connectivity index (χ3n) is 3.43. The molecule has 0 bridgehead atoms. The summed E-state index contributed by atoms with van der Waals surface area (Å²) >= 11 is 0. The topological polar surface area (TPSA) is 118 Å². The summed E-state index contributed by atoms with van der Waals surface area (Å²) in [5.41, 5.74) is 5.51. The van der Waals surface area contributed by atoms with Crippen LogP contribution in [0, 0.1) is 17.0 Å². The van der Waals surface area contributed by atoms with E-state index in [1.807, 2.05) is 0 Å². The van der Waals surface area contributed by atoms with Crippen LogP contribution < -0.4 is 10.6 Å². The van der Waals surface area contributed by atoms with Gasteiger partial charge in [-0.15, -0.1) is 0 Å². The van der Waals surface area contributed by atoms with Crippen molar-refractivity contribution in [3.63, 3.8) is 0 Å². The van der Waals surface area contributed by atoms with Gasteiger partial charge in [0, 0.05) is 20.1 Å². The Balaban J connectivity index is 2.23. The average Bonchev–Trinajstić information content (AvgIpc) is 2.90. The van der Waals surface area contributed by atoms with Gasteiger partial charge >= 0.3 is 5.69 Å². The van der Waals surface area contributed by atoms with Crippen LogP contribution in [-0.2, 0) is 4.79 Å². The van der Waals surface area contributed by atoms with Crippen LogP contribution in [0.1, 0.15) is 18.5 Å². The van der Waals surface area contributed by atoms with Crippen LogP contribution >= 0.6 is 0 Å². The fraction of sp³-hybridized carbons (Fsp3) is 0.583. The zero-order valence-electron chi connectivity index (χ0n) is 12.1. The quantitative estimate of drug-likeness (QED) is 0.628. The standard InChI is InChI=1S/C12H18N6O3/c1-8-10(18(20)21)11(15-12(13)14-8)16(2)7-9(19)17-5-3-4-6-17/h3-7H2,1-2H3,(H2,13,14,15). The van der Waals surface area contributed by atoms with Crippen LogP contribution in [0.4, 0.5) is 17.5 Å². The molecule has 0 radical (unpaired) electrons. The molecule has 21 heavy (non-hydrogen) atoms. The molecule has 9 heteroatoms. The van der Waals surface area contributed by atoms with Crippen LogP contribution in [0.2, 0.25) is 0 Å². The second-order valence-electron chi connectivity index (χ2n) is 5.04. The van der Waals surface area contributed by atoms with Gasteiger partial charge in [0.2, 0.25) is 17.7 Å². The average molecular weight is 294 g/mol. The highest BCUT2D eigenvalue weighted by molar-refractivity contribution is 5.82. The number of anilines is 2. The third-order valence-corrected chi connectivity index (χ3v) is 3.43. The minimum atomic E-state index is -0.555. The number of likely N-dealkylation sites (N-methyl/N-ethyl adjacent to an activating group) is 1. The van der Waals surface area contributed by atoms with Gasteiger partial charge in [0.1, 0.15) is 5.69 Å². The molecule has 114 valence electrons. The summed E-state index contributed by atoms with van der Waals surface area (Å²) in [7, 11) is 1.59. The summed E-state index contributed by atoms with van der Waals surface area (Å²) in [6.45, 7) is 2.99. The van der Waals surface area contributed by atoms with Crippen LogP contribution in [-0.4, -0.2) is 52.4 Å². The van der Waals surface area contributed by atoms with Gasteiger partial charge in [-0.2, -0.15) is 4.98 Å². The molecule has 1 amide bonds. The van der Waals surface area contributed by atoms with Crippen molar-refractivity contribution in [1.29, 1.82) is 0 Å². The predicted octanol–water partition coefficient (Wildman–Crippen LogP) is 0.334. The van der Waals surface area contributed by atoms with Gasteiger partial charge in [-0.25, -0.2) is 4.98 Å². The lowest BCUT2D eigenvalue weighted by atomic mass is 10.3. The predicted molar refractivity (Wildman–Crippen MR) is 76.9 cm³/mol. The number of carbonyl (C=O) groups is 1. The molecule has 0 atom stereocenters. The molecule has 0 spiro atoms. The second kappa shape index (κ2) is 5.90. The molecule has 2 N–H and O–H groups in total. The third kappa shape index (κ3) is 3.18. The molecular formula is C12H18N6O3. The fourth-order valence-electron chi connectivity index (χ4n) is 2.40. The summed E-state index contributed by atoms with van der Waals surface area (Å²) < 4.78 is 0. The zero-order chi connectivity index (χ0) is 15.6. The van der Waals surface area contributed by atoms with E-state index >= 15 is 0 Å². The van der Waals surface area contributed by atoms with Crippen molar-refractivity contribution in [2.24, 2.45) is 0 Å². The number of hydrogen-bond acceptors (Lipinski definition) is 7. The number of nitro groups is 1. The molecule has 0 aromatic carbocycles. The Morgan fingerprint density at radius 2 is 2.05 bits per heavy atom. The first-order valence-corrected chi connectivity index (χ1v) is 6.67. The van der Waals surface area contributed by atoms with Gasteiger partial charge in [0.25, 0.3) is 0 Å². The number of nitrogens with zero attached hydrogens (tertiary/aromatic N) is 5. The van der Waals surface area contributed by atoms with Gasteiger partial charge in [-0.05, 0) is 19.8 Å². The molecule has 0 aliphatic carbocycles. The second-order valence-corrected chi connectivity index (χ2v) is 5.04. The van der Waals surface area contributed by atoms with Crippen molar-refractivity contribution in [3.8, 4) is 0 Å². The van der Waals surface area contributed by atoms with E-state index in [1.165, 1.54) is 11.8 Å². The van der Waals surface area contributed by atoms with Crippen molar-refractivity contribution in [2.45, 2.75) is 19.8 Å². The number of likely N-dealkylation sites (tertiary alicyclic amines) is 1. The van der Waals surface area contributed by atoms with Gasteiger partial charge in [0.15, 0.2) is 0 Å². The lowest BCUT2D eigenvalue weighted by Gasteiger charge is -2.22. The summed E-state index contributed by atoms with van der Waals surface area (Å²) in [4.78, 5) is 33.6. The van der Waals surface area contributed by atoms with Crippen molar-refractivity contribution in [2.75, 3.05) is 37.3 Å². The van der Waals surface area contributed by atoms with Crippen LogP contribution in [0.3, 0.4) is 0 Å². The molecule has 0 unspecified atom stereocenters. The number of aryl methyl sites for hydroxylation is 1. The van der Waals surface area contributed by atoms with Gasteiger partial charge in [-0.3, -0.25) is 14.9 Å². The lowest BCUT2D eigenvalue weighted by Crippen LogP contribution is -2.38. The highest BCUT2D eigenvalue weighted by atomic mass is 16.6.